The van der Waals surface area contributed by atoms with Crippen LogP contribution >= 0.6 is 0 Å². The van der Waals surface area contributed by atoms with Gasteiger partial charge in [0, 0.05) is 25.4 Å². The van der Waals surface area contributed by atoms with Crippen LogP contribution in [-0.2, 0) is 4.79 Å². The van der Waals surface area contributed by atoms with E-state index in [1.54, 1.807) is 6.92 Å². The third-order valence-electron chi connectivity index (χ3n) is 1.83. The van der Waals surface area contributed by atoms with Crippen LogP contribution < -0.4 is 5.73 Å². The largest absolute Gasteiger partial charge is 0.381 e. The standard InChI is InChI=1S/C9H18N2O/c1-5-6-8(11(3)4)7(2)9(10)12/h5-6H2,1-4H3,(H2,10,12). The highest BCUT2D eigenvalue weighted by Crippen LogP contribution is 2.12. The first-order valence-corrected chi connectivity index (χ1v) is 4.17. The number of allylic oxidation sites excluding steroid dienone is 1. The normalized spacial score (nSPS) is 12.3. The topological polar surface area (TPSA) is 46.3 Å². The number of hydrogen-bond donors (Lipinski definition) is 1. The zero-order chi connectivity index (χ0) is 9.72. The van der Waals surface area contributed by atoms with Crippen molar-refractivity contribution in [2.75, 3.05) is 14.1 Å². The Balaban J connectivity index is 4.67. The van der Waals surface area contributed by atoms with Crippen LogP contribution in [0.1, 0.15) is 26.7 Å². The fourth-order valence-corrected chi connectivity index (χ4v) is 1.13. The van der Waals surface area contributed by atoms with Gasteiger partial charge in [-0.15, -0.1) is 0 Å². The highest BCUT2D eigenvalue weighted by atomic mass is 16.1. The fourth-order valence-electron chi connectivity index (χ4n) is 1.13. The van der Waals surface area contributed by atoms with Crippen LogP contribution in [0, 0.1) is 0 Å². The maximum Gasteiger partial charge on any atom is 0.246 e. The lowest BCUT2D eigenvalue weighted by molar-refractivity contribution is -0.114. The van der Waals surface area contributed by atoms with Crippen molar-refractivity contribution in [2.45, 2.75) is 26.7 Å². The van der Waals surface area contributed by atoms with E-state index in [0.29, 0.717) is 5.57 Å². The molecule has 0 bridgehead atoms. The molecule has 0 rings (SSSR count). The summed E-state index contributed by atoms with van der Waals surface area (Å²) in [7, 11) is 3.86. The van der Waals surface area contributed by atoms with Gasteiger partial charge in [0.05, 0.1) is 0 Å². The minimum atomic E-state index is -0.327. The van der Waals surface area contributed by atoms with E-state index in [4.69, 9.17) is 5.73 Å². The van der Waals surface area contributed by atoms with E-state index in [1.807, 2.05) is 19.0 Å². The maximum absolute atomic E-state index is 10.9. The smallest absolute Gasteiger partial charge is 0.246 e. The molecule has 0 radical (unpaired) electrons. The van der Waals surface area contributed by atoms with Gasteiger partial charge in [0.1, 0.15) is 0 Å². The molecule has 70 valence electrons. The number of rotatable bonds is 4. The summed E-state index contributed by atoms with van der Waals surface area (Å²) in [5.74, 6) is -0.327. The Morgan fingerprint density at radius 2 is 1.92 bits per heavy atom. The van der Waals surface area contributed by atoms with Gasteiger partial charge in [-0.25, -0.2) is 0 Å². The summed E-state index contributed by atoms with van der Waals surface area (Å²) in [6.45, 7) is 3.85. The van der Waals surface area contributed by atoms with E-state index in [0.717, 1.165) is 18.5 Å². The van der Waals surface area contributed by atoms with Gasteiger partial charge in [-0.3, -0.25) is 4.79 Å². The molecule has 0 aromatic heterocycles. The van der Waals surface area contributed by atoms with Gasteiger partial charge in [-0.1, -0.05) is 13.3 Å². The maximum atomic E-state index is 10.9. The molecule has 0 atom stereocenters. The average molecular weight is 170 g/mol. The van der Waals surface area contributed by atoms with Crippen molar-refractivity contribution in [2.24, 2.45) is 5.73 Å². The molecular weight excluding hydrogens is 152 g/mol. The zero-order valence-electron chi connectivity index (χ0n) is 8.35. The van der Waals surface area contributed by atoms with Gasteiger partial charge < -0.3 is 10.6 Å². The van der Waals surface area contributed by atoms with Crippen molar-refractivity contribution in [1.82, 2.24) is 4.90 Å². The lowest BCUT2D eigenvalue weighted by atomic mass is 10.1. The van der Waals surface area contributed by atoms with Crippen molar-refractivity contribution < 1.29 is 4.79 Å². The fraction of sp³-hybridized carbons (Fsp3) is 0.667. The molecule has 0 aliphatic carbocycles. The predicted molar refractivity (Wildman–Crippen MR) is 50.5 cm³/mol. The third kappa shape index (κ3) is 2.95. The molecule has 0 aliphatic rings. The number of amides is 1. The zero-order valence-corrected chi connectivity index (χ0v) is 8.35. The van der Waals surface area contributed by atoms with Crippen LogP contribution in [0.2, 0.25) is 0 Å². The number of carbonyl (C=O) groups is 1. The summed E-state index contributed by atoms with van der Waals surface area (Å²) in [6, 6.07) is 0. The van der Waals surface area contributed by atoms with Gasteiger partial charge in [0.2, 0.25) is 5.91 Å². The quantitative estimate of drug-likeness (QED) is 0.642. The summed E-state index contributed by atoms with van der Waals surface area (Å²) < 4.78 is 0. The molecular formula is C9H18N2O. The molecule has 0 heterocycles. The second kappa shape index (κ2) is 4.80. The Morgan fingerprint density at radius 1 is 1.42 bits per heavy atom. The molecule has 0 fully saturated rings. The van der Waals surface area contributed by atoms with Crippen LogP contribution in [0.4, 0.5) is 0 Å². The Labute approximate surface area is 74.2 Å². The molecule has 12 heavy (non-hydrogen) atoms. The van der Waals surface area contributed by atoms with Gasteiger partial charge in [-0.05, 0) is 13.3 Å². The van der Waals surface area contributed by atoms with E-state index < -0.39 is 0 Å². The molecule has 0 saturated carbocycles. The molecule has 0 saturated heterocycles. The predicted octanol–water partition coefficient (Wildman–Crippen LogP) is 1.11. The SMILES string of the molecule is CCCC(=C(C)C(N)=O)N(C)C. The van der Waals surface area contributed by atoms with Crippen molar-refractivity contribution in [3.05, 3.63) is 11.3 Å². The number of primary amides is 1. The number of nitrogens with two attached hydrogens (primary N) is 1. The van der Waals surface area contributed by atoms with Crippen molar-refractivity contribution in [1.29, 1.82) is 0 Å². The third-order valence-corrected chi connectivity index (χ3v) is 1.83. The minimum Gasteiger partial charge on any atom is -0.381 e. The number of carbonyl (C=O) groups excluding carboxylic acids is 1. The van der Waals surface area contributed by atoms with Gasteiger partial charge in [-0.2, -0.15) is 0 Å². The Bertz CT molecular complexity index is 195. The summed E-state index contributed by atoms with van der Waals surface area (Å²) in [5, 5.41) is 0. The van der Waals surface area contributed by atoms with E-state index in [-0.39, 0.29) is 5.91 Å². The molecule has 2 N–H and O–H groups in total. The van der Waals surface area contributed by atoms with Crippen LogP contribution in [0.3, 0.4) is 0 Å². The second-order valence-electron chi connectivity index (χ2n) is 3.08. The van der Waals surface area contributed by atoms with Crippen molar-refractivity contribution in [3.8, 4) is 0 Å². The molecule has 0 unspecified atom stereocenters. The first-order valence-electron chi connectivity index (χ1n) is 4.17. The van der Waals surface area contributed by atoms with Crippen LogP contribution in [0.25, 0.3) is 0 Å². The Morgan fingerprint density at radius 3 is 2.17 bits per heavy atom. The molecule has 3 heteroatoms. The monoisotopic (exact) mass is 170 g/mol. The minimum absolute atomic E-state index is 0.327. The molecule has 0 aliphatic heterocycles. The van der Waals surface area contributed by atoms with Crippen LogP contribution in [-0.4, -0.2) is 24.9 Å². The van der Waals surface area contributed by atoms with Crippen LogP contribution in [0.15, 0.2) is 11.3 Å². The molecule has 0 spiro atoms. The van der Waals surface area contributed by atoms with E-state index in [9.17, 15) is 4.79 Å². The van der Waals surface area contributed by atoms with Gasteiger partial charge >= 0.3 is 0 Å². The summed E-state index contributed by atoms with van der Waals surface area (Å²) >= 11 is 0. The lowest BCUT2D eigenvalue weighted by Crippen LogP contribution is -2.20. The highest BCUT2D eigenvalue weighted by Gasteiger charge is 2.07. The van der Waals surface area contributed by atoms with Crippen LogP contribution in [0.5, 0.6) is 0 Å². The molecule has 0 aromatic rings. The highest BCUT2D eigenvalue weighted by molar-refractivity contribution is 5.91. The average Bonchev–Trinajstić information content (AvgIpc) is 1.98. The number of hydrogen-bond acceptors (Lipinski definition) is 2. The van der Waals surface area contributed by atoms with Gasteiger partial charge in [0.25, 0.3) is 0 Å². The Hall–Kier alpha value is -0.990. The molecule has 1 amide bonds. The molecule has 3 nitrogen and oxygen atoms in total. The van der Waals surface area contributed by atoms with Crippen molar-refractivity contribution in [3.63, 3.8) is 0 Å². The summed E-state index contributed by atoms with van der Waals surface area (Å²) in [5.41, 5.74) is 6.88. The number of nitrogens with zero attached hydrogens (tertiary/aromatic N) is 1. The van der Waals surface area contributed by atoms with E-state index >= 15 is 0 Å². The summed E-state index contributed by atoms with van der Waals surface area (Å²) in [4.78, 5) is 12.8. The second-order valence-corrected chi connectivity index (χ2v) is 3.08. The lowest BCUT2D eigenvalue weighted by Gasteiger charge is -2.18. The van der Waals surface area contributed by atoms with E-state index in [2.05, 4.69) is 6.92 Å². The van der Waals surface area contributed by atoms with Crippen molar-refractivity contribution >= 4 is 5.91 Å². The first-order chi connectivity index (χ1) is 5.50. The summed E-state index contributed by atoms with van der Waals surface area (Å²) in [6.07, 6.45) is 1.93. The first kappa shape index (κ1) is 11.0. The molecule has 0 aromatic carbocycles. The van der Waals surface area contributed by atoms with E-state index in [1.165, 1.54) is 0 Å². The Kier molecular flexibility index (Phi) is 4.40. The van der Waals surface area contributed by atoms with Gasteiger partial charge in [0.15, 0.2) is 0 Å².